The van der Waals surface area contributed by atoms with E-state index < -0.39 is 12.0 Å². The summed E-state index contributed by atoms with van der Waals surface area (Å²) in [5.74, 6) is -1.31. The summed E-state index contributed by atoms with van der Waals surface area (Å²) in [7, 11) is 0. The number of carbonyl (C=O) groups excluding carboxylic acids is 1. The standard InChI is InChI=1S/C21H18ClN3O3/c22-17-4-2-1-3-16(17)18-9-10-19(21(27)28)25(18)20(26)14-7-5-13(6-8-14)15-11-23-24-12-15/h1-8,11-12,18-19H,9-10H2,(H,23,24)(H,27,28). The highest BCUT2D eigenvalue weighted by molar-refractivity contribution is 6.31. The number of nitrogens with one attached hydrogen (secondary N) is 1. The van der Waals surface area contributed by atoms with E-state index in [0.29, 0.717) is 23.4 Å². The Bertz CT molecular complexity index is 1000. The monoisotopic (exact) mass is 395 g/mol. The van der Waals surface area contributed by atoms with Crippen molar-refractivity contribution in [2.75, 3.05) is 0 Å². The van der Waals surface area contributed by atoms with E-state index in [1.54, 1.807) is 30.6 Å². The maximum absolute atomic E-state index is 13.3. The molecule has 1 saturated heterocycles. The summed E-state index contributed by atoms with van der Waals surface area (Å²) < 4.78 is 0. The van der Waals surface area contributed by atoms with Crippen LogP contribution in [0.1, 0.15) is 34.8 Å². The van der Waals surface area contributed by atoms with Gasteiger partial charge < -0.3 is 10.0 Å². The topological polar surface area (TPSA) is 86.3 Å². The zero-order chi connectivity index (χ0) is 19.7. The molecule has 142 valence electrons. The van der Waals surface area contributed by atoms with Gasteiger partial charge >= 0.3 is 5.97 Å². The van der Waals surface area contributed by atoms with Crippen LogP contribution >= 0.6 is 11.6 Å². The molecular weight excluding hydrogens is 378 g/mol. The number of benzene rings is 2. The molecule has 28 heavy (non-hydrogen) atoms. The molecule has 2 N–H and O–H groups in total. The molecule has 2 aromatic carbocycles. The van der Waals surface area contributed by atoms with Gasteiger partial charge in [-0.2, -0.15) is 5.10 Å². The number of likely N-dealkylation sites (tertiary alicyclic amines) is 1. The van der Waals surface area contributed by atoms with Gasteiger partial charge in [0.05, 0.1) is 12.2 Å². The first-order valence-corrected chi connectivity index (χ1v) is 9.33. The predicted octanol–water partition coefficient (Wildman–Crippen LogP) is 4.16. The number of aliphatic carboxylic acids is 1. The van der Waals surface area contributed by atoms with Crippen molar-refractivity contribution < 1.29 is 14.7 Å². The van der Waals surface area contributed by atoms with Crippen LogP contribution in [0.3, 0.4) is 0 Å². The van der Waals surface area contributed by atoms with Crippen LogP contribution in [0.2, 0.25) is 5.02 Å². The molecule has 7 heteroatoms. The quantitative estimate of drug-likeness (QED) is 0.694. The lowest BCUT2D eigenvalue weighted by Gasteiger charge is -2.29. The SMILES string of the molecule is O=C(O)C1CCC(c2ccccc2Cl)N1C(=O)c1ccc(-c2cn[nH]c2)cc1. The Labute approximate surface area is 166 Å². The minimum atomic E-state index is -1.00. The fraction of sp³-hybridized carbons (Fsp3) is 0.190. The van der Waals surface area contributed by atoms with Gasteiger partial charge in [-0.25, -0.2) is 4.79 Å². The molecule has 1 aromatic heterocycles. The summed E-state index contributed by atoms with van der Waals surface area (Å²) in [5.41, 5.74) is 3.05. The number of aromatic nitrogens is 2. The van der Waals surface area contributed by atoms with Crippen LogP contribution in [0.4, 0.5) is 0 Å². The summed E-state index contributed by atoms with van der Waals surface area (Å²) in [4.78, 5) is 26.5. The molecule has 0 saturated carbocycles. The lowest BCUT2D eigenvalue weighted by atomic mass is 10.0. The highest BCUT2D eigenvalue weighted by Crippen LogP contribution is 2.40. The molecule has 2 atom stereocenters. The van der Waals surface area contributed by atoms with Gasteiger partial charge in [0.15, 0.2) is 0 Å². The molecule has 4 rings (SSSR count). The number of halogens is 1. The van der Waals surface area contributed by atoms with Gasteiger partial charge in [-0.3, -0.25) is 9.89 Å². The van der Waals surface area contributed by atoms with Crippen LogP contribution in [-0.2, 0) is 4.79 Å². The normalized spacial score (nSPS) is 19.0. The van der Waals surface area contributed by atoms with Crippen molar-refractivity contribution in [3.05, 3.63) is 77.1 Å². The number of carboxylic acids is 1. The minimum absolute atomic E-state index is 0.312. The number of rotatable bonds is 4. The van der Waals surface area contributed by atoms with Crippen molar-refractivity contribution in [2.24, 2.45) is 0 Å². The Kier molecular flexibility index (Phi) is 4.88. The molecule has 1 aliphatic rings. The molecule has 1 fully saturated rings. The average molecular weight is 396 g/mol. The summed E-state index contributed by atoms with van der Waals surface area (Å²) in [6, 6.07) is 13.1. The second kappa shape index (κ2) is 7.48. The Balaban J connectivity index is 1.67. The largest absolute Gasteiger partial charge is 0.480 e. The van der Waals surface area contributed by atoms with E-state index in [4.69, 9.17) is 11.6 Å². The number of carboxylic acid groups (broad SMARTS) is 1. The van der Waals surface area contributed by atoms with E-state index in [9.17, 15) is 14.7 Å². The van der Waals surface area contributed by atoms with Crippen LogP contribution in [0.25, 0.3) is 11.1 Å². The second-order valence-corrected chi connectivity index (χ2v) is 7.15. The van der Waals surface area contributed by atoms with Crippen LogP contribution in [0, 0.1) is 0 Å². The minimum Gasteiger partial charge on any atom is -0.480 e. The maximum Gasteiger partial charge on any atom is 0.326 e. The molecule has 2 heterocycles. The van der Waals surface area contributed by atoms with Gasteiger partial charge in [0, 0.05) is 22.3 Å². The van der Waals surface area contributed by atoms with E-state index in [2.05, 4.69) is 10.2 Å². The van der Waals surface area contributed by atoms with E-state index in [0.717, 1.165) is 16.7 Å². The molecule has 3 aromatic rings. The molecule has 6 nitrogen and oxygen atoms in total. The van der Waals surface area contributed by atoms with Crippen LogP contribution < -0.4 is 0 Å². The molecule has 1 aliphatic heterocycles. The van der Waals surface area contributed by atoms with Crippen molar-refractivity contribution in [1.82, 2.24) is 15.1 Å². The summed E-state index contributed by atoms with van der Waals surface area (Å²) in [6.45, 7) is 0. The van der Waals surface area contributed by atoms with E-state index in [1.165, 1.54) is 4.90 Å². The summed E-state index contributed by atoms with van der Waals surface area (Å²) in [6.07, 6.45) is 4.42. The smallest absolute Gasteiger partial charge is 0.326 e. The molecule has 1 amide bonds. The number of carbonyl (C=O) groups is 2. The third kappa shape index (κ3) is 3.27. The van der Waals surface area contributed by atoms with E-state index in [-0.39, 0.29) is 11.9 Å². The Morgan fingerprint density at radius 1 is 1.07 bits per heavy atom. The number of hydrogen-bond acceptors (Lipinski definition) is 3. The molecule has 0 aliphatic carbocycles. The lowest BCUT2D eigenvalue weighted by molar-refractivity contribution is -0.141. The summed E-state index contributed by atoms with van der Waals surface area (Å²) in [5, 5.41) is 16.9. The Morgan fingerprint density at radius 3 is 2.46 bits per heavy atom. The number of hydrogen-bond donors (Lipinski definition) is 2. The van der Waals surface area contributed by atoms with Crippen molar-refractivity contribution in [1.29, 1.82) is 0 Å². The van der Waals surface area contributed by atoms with E-state index >= 15 is 0 Å². The van der Waals surface area contributed by atoms with Gasteiger partial charge in [-0.15, -0.1) is 0 Å². The van der Waals surface area contributed by atoms with Crippen LogP contribution in [-0.4, -0.2) is 38.1 Å². The lowest BCUT2D eigenvalue weighted by Crippen LogP contribution is -2.41. The first kappa shape index (κ1) is 18.3. The highest BCUT2D eigenvalue weighted by atomic mass is 35.5. The average Bonchev–Trinajstić information content (AvgIpc) is 3.38. The van der Waals surface area contributed by atoms with Crippen molar-refractivity contribution in [3.8, 4) is 11.1 Å². The molecule has 0 spiro atoms. The third-order valence-corrected chi connectivity index (χ3v) is 5.48. The van der Waals surface area contributed by atoms with Crippen LogP contribution in [0.5, 0.6) is 0 Å². The molecular formula is C21H18ClN3O3. The van der Waals surface area contributed by atoms with Crippen LogP contribution in [0.15, 0.2) is 60.9 Å². The van der Waals surface area contributed by atoms with Gasteiger partial charge in [-0.05, 0) is 42.2 Å². The number of H-pyrrole nitrogens is 1. The zero-order valence-corrected chi connectivity index (χ0v) is 15.6. The van der Waals surface area contributed by atoms with Crippen molar-refractivity contribution in [3.63, 3.8) is 0 Å². The number of amides is 1. The van der Waals surface area contributed by atoms with Gasteiger partial charge in [0.1, 0.15) is 6.04 Å². The number of nitrogens with zero attached hydrogens (tertiary/aromatic N) is 2. The molecule has 2 unspecified atom stereocenters. The third-order valence-electron chi connectivity index (χ3n) is 5.13. The first-order valence-electron chi connectivity index (χ1n) is 8.95. The van der Waals surface area contributed by atoms with Gasteiger partial charge in [-0.1, -0.05) is 41.9 Å². The van der Waals surface area contributed by atoms with Crippen molar-refractivity contribution >= 4 is 23.5 Å². The molecule has 0 radical (unpaired) electrons. The zero-order valence-electron chi connectivity index (χ0n) is 14.9. The first-order chi connectivity index (χ1) is 13.6. The van der Waals surface area contributed by atoms with E-state index in [1.807, 2.05) is 30.3 Å². The fourth-order valence-corrected chi connectivity index (χ4v) is 4.01. The highest BCUT2D eigenvalue weighted by Gasteiger charge is 2.42. The molecule has 0 bridgehead atoms. The Morgan fingerprint density at radius 2 is 1.82 bits per heavy atom. The Hall–Kier alpha value is -3.12. The predicted molar refractivity (Wildman–Crippen MR) is 105 cm³/mol. The summed E-state index contributed by atoms with van der Waals surface area (Å²) >= 11 is 6.33. The van der Waals surface area contributed by atoms with Gasteiger partial charge in [0.25, 0.3) is 5.91 Å². The second-order valence-electron chi connectivity index (χ2n) is 6.75. The number of aromatic amines is 1. The van der Waals surface area contributed by atoms with Gasteiger partial charge in [0.2, 0.25) is 0 Å². The fourth-order valence-electron chi connectivity index (χ4n) is 3.75. The maximum atomic E-state index is 13.3. The van der Waals surface area contributed by atoms with Crippen molar-refractivity contribution in [2.45, 2.75) is 24.9 Å².